The van der Waals surface area contributed by atoms with Crippen molar-refractivity contribution in [2.45, 2.75) is 48.7 Å². The first kappa shape index (κ1) is 17.0. The van der Waals surface area contributed by atoms with Gasteiger partial charge in [0.15, 0.2) is 12.6 Å². The number of rotatable bonds is 4. The number of hydrogen-bond acceptors (Lipinski definition) is 10. The van der Waals surface area contributed by atoms with Crippen LogP contribution in [0.3, 0.4) is 0 Å². The Morgan fingerprint density at radius 2 is 1.67 bits per heavy atom. The van der Waals surface area contributed by atoms with Gasteiger partial charge >= 0.3 is 0 Å². The smallest absolute Gasteiger partial charge is 0.189 e. The molecule has 10 heteroatoms. The summed E-state index contributed by atoms with van der Waals surface area (Å²) in [6.45, 7) is -1.78. The second-order valence-electron chi connectivity index (χ2n) is 5.22. The van der Waals surface area contributed by atoms with E-state index in [4.69, 9.17) is 24.4 Å². The van der Waals surface area contributed by atoms with Gasteiger partial charge in [-0.15, -0.1) is 0 Å². The van der Waals surface area contributed by atoms with E-state index in [1.807, 2.05) is 0 Å². The van der Waals surface area contributed by atoms with Crippen LogP contribution in [0.25, 0.3) is 0 Å². The van der Waals surface area contributed by atoms with Gasteiger partial charge in [0.25, 0.3) is 0 Å². The van der Waals surface area contributed by atoms with Crippen molar-refractivity contribution in [2.24, 2.45) is 0 Å². The molecule has 0 aliphatic carbocycles. The maximum absolute atomic E-state index is 9.81. The molecule has 2 rings (SSSR count). The monoisotopic (exact) mass is 312 g/mol. The molecule has 0 aromatic heterocycles. The van der Waals surface area contributed by atoms with Gasteiger partial charge in [0.1, 0.15) is 36.1 Å². The summed E-state index contributed by atoms with van der Waals surface area (Å²) in [7, 11) is 0. The van der Waals surface area contributed by atoms with E-state index in [9.17, 15) is 25.5 Å². The van der Waals surface area contributed by atoms with Gasteiger partial charge in [-0.3, -0.25) is 0 Å². The minimum absolute atomic E-state index is 0.396. The molecule has 0 aromatic rings. The molecule has 2 heterocycles. The van der Waals surface area contributed by atoms with Crippen molar-refractivity contribution in [3.8, 4) is 0 Å². The van der Waals surface area contributed by atoms with Crippen LogP contribution in [0.4, 0.5) is 0 Å². The third kappa shape index (κ3) is 3.05. The molecule has 0 aromatic carbocycles. The summed E-state index contributed by atoms with van der Waals surface area (Å²) < 4.78 is 15.2. The lowest BCUT2D eigenvalue weighted by atomic mass is 9.99. The second-order valence-corrected chi connectivity index (χ2v) is 5.22. The minimum atomic E-state index is -1.90. The lowest BCUT2D eigenvalue weighted by Gasteiger charge is -2.40. The number of hydrogen-bond donors (Lipinski definition) is 7. The predicted octanol–water partition coefficient (Wildman–Crippen LogP) is -4.76. The van der Waals surface area contributed by atoms with E-state index >= 15 is 0 Å². The van der Waals surface area contributed by atoms with Crippen molar-refractivity contribution in [3.05, 3.63) is 0 Å². The quantitative estimate of drug-likeness (QED) is 0.267. The fourth-order valence-corrected chi connectivity index (χ4v) is 2.22. The molecular weight excluding hydrogens is 292 g/mol. The Labute approximate surface area is 119 Å². The molecule has 2 unspecified atom stereocenters. The lowest BCUT2D eigenvalue weighted by molar-refractivity contribution is -0.339. The molecule has 0 saturated carbocycles. The highest BCUT2D eigenvalue weighted by atomic mass is 16.8. The van der Waals surface area contributed by atoms with Crippen LogP contribution < -0.4 is 0 Å². The molecule has 2 fully saturated rings. The largest absolute Gasteiger partial charge is 0.394 e. The summed E-state index contributed by atoms with van der Waals surface area (Å²) in [5.74, 6) is 0. The van der Waals surface area contributed by atoms with Crippen LogP contribution in [0.15, 0.2) is 0 Å². The average molecular weight is 312 g/mol. The first-order valence-corrected chi connectivity index (χ1v) is 6.43. The van der Waals surface area contributed by atoms with Gasteiger partial charge in [-0.2, -0.15) is 0 Å². The Hall–Kier alpha value is -0.400. The van der Waals surface area contributed by atoms with Gasteiger partial charge < -0.3 is 50.0 Å². The normalized spacial score (nSPS) is 51.3. The van der Waals surface area contributed by atoms with Crippen molar-refractivity contribution in [1.82, 2.24) is 0 Å². The molecule has 8 atom stereocenters. The van der Waals surface area contributed by atoms with Crippen LogP contribution in [0.1, 0.15) is 0 Å². The topological polar surface area (TPSA) is 169 Å². The van der Waals surface area contributed by atoms with E-state index in [0.29, 0.717) is 0 Å². The molecule has 124 valence electrons. The summed E-state index contributed by atoms with van der Waals surface area (Å²) in [4.78, 5) is 0. The van der Waals surface area contributed by atoms with Gasteiger partial charge in [-0.1, -0.05) is 0 Å². The second kappa shape index (κ2) is 6.38. The standard InChI is InChI=1S/C11H20O10/c12-1-4-5(14)6(15)7(16)9(20-4)21-10-8(17)11(18,2-13)3-19-10/h4-10,12-18H,1-3H2/t4-,5-,6+,7-,8+,9+,10?,11?/m1/s1. The minimum Gasteiger partial charge on any atom is -0.394 e. The Bertz CT molecular complexity index is 352. The molecule has 0 radical (unpaired) electrons. The SMILES string of the molecule is OC[C@H]1O[C@@H](OC2OCC(O)(CO)[C@H]2O)[C@H](O)[C@@H](O)[C@@H]1O. The Morgan fingerprint density at radius 1 is 1.00 bits per heavy atom. The average Bonchev–Trinajstić information content (AvgIpc) is 2.76. The molecule has 2 aliphatic rings. The van der Waals surface area contributed by atoms with E-state index in [1.165, 1.54) is 0 Å². The molecule has 7 N–H and O–H groups in total. The zero-order valence-corrected chi connectivity index (χ0v) is 11.0. The fraction of sp³-hybridized carbons (Fsp3) is 1.00. The van der Waals surface area contributed by atoms with Crippen molar-refractivity contribution >= 4 is 0 Å². The highest BCUT2D eigenvalue weighted by Crippen LogP contribution is 2.29. The van der Waals surface area contributed by atoms with Gasteiger partial charge in [-0.25, -0.2) is 0 Å². The molecule has 0 amide bonds. The first-order valence-electron chi connectivity index (χ1n) is 6.43. The number of ether oxygens (including phenoxy) is 3. The fourth-order valence-electron chi connectivity index (χ4n) is 2.22. The summed E-state index contributed by atoms with van der Waals surface area (Å²) >= 11 is 0. The van der Waals surface area contributed by atoms with Gasteiger partial charge in [-0.05, 0) is 0 Å². The summed E-state index contributed by atoms with van der Waals surface area (Å²) in [6.07, 6.45) is -10.5. The molecular formula is C11H20O10. The van der Waals surface area contributed by atoms with E-state index in [0.717, 1.165) is 0 Å². The van der Waals surface area contributed by atoms with Gasteiger partial charge in [0.05, 0.1) is 19.8 Å². The molecule has 10 nitrogen and oxygen atoms in total. The Kier molecular flexibility index (Phi) is 5.15. The van der Waals surface area contributed by atoms with Crippen LogP contribution in [0.5, 0.6) is 0 Å². The van der Waals surface area contributed by atoms with Crippen molar-refractivity contribution in [1.29, 1.82) is 0 Å². The molecule has 2 saturated heterocycles. The van der Waals surface area contributed by atoms with E-state index < -0.39 is 68.5 Å². The van der Waals surface area contributed by atoms with E-state index in [2.05, 4.69) is 0 Å². The summed E-state index contributed by atoms with van der Waals surface area (Å²) in [6, 6.07) is 0. The van der Waals surface area contributed by atoms with Crippen molar-refractivity contribution in [2.75, 3.05) is 19.8 Å². The van der Waals surface area contributed by atoms with E-state index in [1.54, 1.807) is 0 Å². The Morgan fingerprint density at radius 3 is 2.19 bits per heavy atom. The third-order valence-electron chi connectivity index (χ3n) is 3.70. The number of aliphatic hydroxyl groups excluding tert-OH is 6. The molecule has 0 bridgehead atoms. The van der Waals surface area contributed by atoms with Crippen molar-refractivity contribution < 1.29 is 50.0 Å². The zero-order valence-electron chi connectivity index (χ0n) is 11.0. The summed E-state index contributed by atoms with van der Waals surface area (Å²) in [5, 5.41) is 66.6. The predicted molar refractivity (Wildman–Crippen MR) is 62.6 cm³/mol. The van der Waals surface area contributed by atoms with Crippen LogP contribution in [0.2, 0.25) is 0 Å². The van der Waals surface area contributed by atoms with Crippen LogP contribution in [-0.2, 0) is 14.2 Å². The van der Waals surface area contributed by atoms with Gasteiger partial charge in [0.2, 0.25) is 0 Å². The maximum atomic E-state index is 9.81. The van der Waals surface area contributed by atoms with Gasteiger partial charge in [0, 0.05) is 0 Å². The highest BCUT2D eigenvalue weighted by molar-refractivity contribution is 4.95. The molecule has 21 heavy (non-hydrogen) atoms. The highest BCUT2D eigenvalue weighted by Gasteiger charge is 2.52. The molecule has 0 spiro atoms. The lowest BCUT2D eigenvalue weighted by Crippen LogP contribution is -2.60. The zero-order chi connectivity index (χ0) is 15.8. The third-order valence-corrected chi connectivity index (χ3v) is 3.70. The van der Waals surface area contributed by atoms with E-state index in [-0.39, 0.29) is 0 Å². The van der Waals surface area contributed by atoms with Crippen LogP contribution in [-0.4, -0.2) is 104 Å². The van der Waals surface area contributed by atoms with Crippen LogP contribution in [0, 0.1) is 0 Å². The maximum Gasteiger partial charge on any atom is 0.189 e. The Balaban J connectivity index is 2.02. The van der Waals surface area contributed by atoms with Crippen molar-refractivity contribution in [3.63, 3.8) is 0 Å². The number of aliphatic hydroxyl groups is 7. The van der Waals surface area contributed by atoms with Crippen LogP contribution >= 0.6 is 0 Å². The molecule has 2 aliphatic heterocycles. The summed E-state index contributed by atoms with van der Waals surface area (Å²) in [5.41, 5.74) is -1.90. The first-order chi connectivity index (χ1) is 9.84.